The molecule has 4 nitrogen and oxygen atoms in total. The number of alkyl halides is 3. The summed E-state index contributed by atoms with van der Waals surface area (Å²) in [6.45, 7) is 3.35. The van der Waals surface area contributed by atoms with Gasteiger partial charge in [-0.1, -0.05) is 6.07 Å². The largest absolute Gasteiger partial charge is 0.416 e. The predicted molar refractivity (Wildman–Crippen MR) is 66.2 cm³/mol. The summed E-state index contributed by atoms with van der Waals surface area (Å²) in [5, 5.41) is 2.58. The lowest BCUT2D eigenvalue weighted by Gasteiger charge is -2.36. The van der Waals surface area contributed by atoms with Crippen molar-refractivity contribution in [3.05, 3.63) is 29.8 Å². The number of nitrogens with zero attached hydrogens (tertiary/aromatic N) is 1. The Morgan fingerprint density at radius 1 is 1.25 bits per heavy atom. The number of benzene rings is 1. The quantitative estimate of drug-likeness (QED) is 0.863. The van der Waals surface area contributed by atoms with Crippen LogP contribution in [0.5, 0.6) is 0 Å². The van der Waals surface area contributed by atoms with Gasteiger partial charge in [0.25, 0.3) is 0 Å². The maximum atomic E-state index is 12.6. The van der Waals surface area contributed by atoms with Crippen LogP contribution in [0, 0.1) is 0 Å². The van der Waals surface area contributed by atoms with Crippen molar-refractivity contribution in [2.45, 2.75) is 32.0 Å². The number of amides is 3. The van der Waals surface area contributed by atoms with Gasteiger partial charge in [0.1, 0.15) is 0 Å². The molecule has 1 fully saturated rings. The van der Waals surface area contributed by atoms with Gasteiger partial charge in [-0.3, -0.25) is 4.79 Å². The summed E-state index contributed by atoms with van der Waals surface area (Å²) < 4.78 is 37.9. The zero-order valence-electron chi connectivity index (χ0n) is 10.9. The highest BCUT2D eigenvalue weighted by molar-refractivity contribution is 6.16. The number of carbonyl (C=O) groups is 2. The van der Waals surface area contributed by atoms with E-state index in [-0.39, 0.29) is 12.1 Å². The van der Waals surface area contributed by atoms with Gasteiger partial charge in [0.15, 0.2) is 0 Å². The minimum absolute atomic E-state index is 0.0228. The fourth-order valence-corrected chi connectivity index (χ4v) is 2.04. The van der Waals surface area contributed by atoms with Crippen molar-refractivity contribution in [1.82, 2.24) is 5.32 Å². The van der Waals surface area contributed by atoms with Gasteiger partial charge in [0.05, 0.1) is 17.7 Å². The highest BCUT2D eigenvalue weighted by Gasteiger charge is 2.38. The summed E-state index contributed by atoms with van der Waals surface area (Å²) >= 11 is 0. The molecule has 1 saturated heterocycles. The van der Waals surface area contributed by atoms with Crippen molar-refractivity contribution in [3.8, 4) is 0 Å². The van der Waals surface area contributed by atoms with Crippen molar-refractivity contribution < 1.29 is 22.8 Å². The molecular weight excluding hydrogens is 273 g/mol. The number of hydrogen-bond acceptors (Lipinski definition) is 2. The van der Waals surface area contributed by atoms with Crippen molar-refractivity contribution >= 4 is 17.6 Å². The molecule has 3 amide bonds. The highest BCUT2D eigenvalue weighted by atomic mass is 19.4. The molecule has 0 atom stereocenters. The first-order chi connectivity index (χ1) is 9.10. The molecular formula is C13H13F3N2O2. The molecule has 0 saturated carbocycles. The van der Waals surface area contributed by atoms with Crippen LogP contribution in [0.3, 0.4) is 0 Å². The van der Waals surface area contributed by atoms with E-state index in [1.165, 1.54) is 12.1 Å². The SMILES string of the molecule is CC1(C)CC(=O)N(c2cccc(C(F)(F)F)c2)C(=O)N1. The molecule has 0 aliphatic carbocycles. The zero-order chi connectivity index (χ0) is 15.1. The van der Waals surface area contributed by atoms with Gasteiger partial charge in [-0.15, -0.1) is 0 Å². The van der Waals surface area contributed by atoms with E-state index >= 15 is 0 Å². The van der Waals surface area contributed by atoms with Gasteiger partial charge < -0.3 is 5.32 Å². The smallest absolute Gasteiger partial charge is 0.332 e. The van der Waals surface area contributed by atoms with Gasteiger partial charge in [-0.25, -0.2) is 9.69 Å². The lowest BCUT2D eigenvalue weighted by atomic mass is 9.97. The minimum Gasteiger partial charge on any atom is -0.332 e. The molecule has 20 heavy (non-hydrogen) atoms. The van der Waals surface area contributed by atoms with Gasteiger partial charge in [-0.05, 0) is 32.0 Å². The Bertz CT molecular complexity index is 547. The van der Waals surface area contributed by atoms with Crippen LogP contribution in [0.25, 0.3) is 0 Å². The van der Waals surface area contributed by atoms with Crippen molar-refractivity contribution in [1.29, 1.82) is 0 Å². The van der Waals surface area contributed by atoms with Crippen molar-refractivity contribution in [2.24, 2.45) is 0 Å². The van der Waals surface area contributed by atoms with E-state index < -0.39 is 29.2 Å². The first kappa shape index (κ1) is 14.4. The van der Waals surface area contributed by atoms with Crippen LogP contribution >= 0.6 is 0 Å². The Kier molecular flexibility index (Phi) is 3.23. The van der Waals surface area contributed by atoms with E-state index in [0.29, 0.717) is 0 Å². The van der Waals surface area contributed by atoms with Crippen LogP contribution in [-0.4, -0.2) is 17.5 Å². The summed E-state index contributed by atoms with van der Waals surface area (Å²) in [6.07, 6.45) is -4.50. The summed E-state index contributed by atoms with van der Waals surface area (Å²) in [5.74, 6) is -0.530. The van der Waals surface area contributed by atoms with Crippen LogP contribution < -0.4 is 10.2 Å². The number of halogens is 3. The Labute approximate surface area is 113 Å². The van der Waals surface area contributed by atoms with Crippen LogP contribution in [0.2, 0.25) is 0 Å². The predicted octanol–water partition coefficient (Wildman–Crippen LogP) is 2.93. The Hall–Kier alpha value is -2.05. The molecule has 0 spiro atoms. The normalized spacial score (nSPS) is 18.9. The van der Waals surface area contributed by atoms with Crippen molar-refractivity contribution in [2.75, 3.05) is 4.90 Å². The second-order valence-electron chi connectivity index (χ2n) is 5.27. The average Bonchev–Trinajstić information content (AvgIpc) is 2.25. The van der Waals surface area contributed by atoms with Crippen LogP contribution in [0.1, 0.15) is 25.8 Å². The second-order valence-corrected chi connectivity index (χ2v) is 5.27. The topological polar surface area (TPSA) is 49.4 Å². The third-order valence-corrected chi connectivity index (χ3v) is 2.92. The van der Waals surface area contributed by atoms with E-state index in [9.17, 15) is 22.8 Å². The third-order valence-electron chi connectivity index (χ3n) is 2.92. The minimum atomic E-state index is -4.52. The van der Waals surface area contributed by atoms with Crippen molar-refractivity contribution in [3.63, 3.8) is 0 Å². The zero-order valence-corrected chi connectivity index (χ0v) is 10.9. The number of anilines is 1. The molecule has 1 N–H and O–H groups in total. The fraction of sp³-hybridized carbons (Fsp3) is 0.385. The Morgan fingerprint density at radius 2 is 1.90 bits per heavy atom. The summed E-state index contributed by atoms with van der Waals surface area (Å²) in [6, 6.07) is 3.42. The average molecular weight is 286 g/mol. The molecule has 7 heteroatoms. The summed E-state index contributed by atoms with van der Waals surface area (Å²) in [5.41, 5.74) is -1.69. The first-order valence-corrected chi connectivity index (χ1v) is 5.92. The molecule has 2 rings (SSSR count). The monoisotopic (exact) mass is 286 g/mol. The molecule has 0 bridgehead atoms. The molecule has 1 heterocycles. The second kappa shape index (κ2) is 4.50. The fourth-order valence-electron chi connectivity index (χ4n) is 2.04. The molecule has 0 radical (unpaired) electrons. The lowest BCUT2D eigenvalue weighted by Crippen LogP contribution is -2.59. The van der Waals surface area contributed by atoms with E-state index in [2.05, 4.69) is 5.32 Å². The van der Waals surface area contributed by atoms with Crippen LogP contribution in [0.4, 0.5) is 23.7 Å². The number of rotatable bonds is 1. The number of imide groups is 1. The number of carbonyl (C=O) groups excluding carboxylic acids is 2. The Balaban J connectivity index is 2.37. The highest BCUT2D eigenvalue weighted by Crippen LogP contribution is 2.32. The Morgan fingerprint density at radius 3 is 2.45 bits per heavy atom. The van der Waals surface area contributed by atoms with E-state index in [1.807, 2.05) is 0 Å². The molecule has 1 aliphatic rings. The standard InChI is InChI=1S/C13H13F3N2O2/c1-12(2)7-10(19)18(11(20)17-12)9-5-3-4-8(6-9)13(14,15)16/h3-6H,7H2,1-2H3,(H,17,20). The molecule has 1 aliphatic heterocycles. The van der Waals surface area contributed by atoms with Gasteiger partial charge >= 0.3 is 12.2 Å². The number of nitrogens with one attached hydrogen (secondary N) is 1. The molecule has 108 valence electrons. The maximum absolute atomic E-state index is 12.6. The van der Waals surface area contributed by atoms with E-state index in [1.54, 1.807) is 13.8 Å². The number of urea groups is 1. The number of hydrogen-bond donors (Lipinski definition) is 1. The van der Waals surface area contributed by atoms with Gasteiger partial charge in [-0.2, -0.15) is 13.2 Å². The van der Waals surface area contributed by atoms with Crippen LogP contribution in [0.15, 0.2) is 24.3 Å². The van der Waals surface area contributed by atoms with Gasteiger partial charge in [0.2, 0.25) is 5.91 Å². The molecule has 1 aromatic rings. The van der Waals surface area contributed by atoms with E-state index in [0.717, 1.165) is 17.0 Å². The molecule has 0 unspecified atom stereocenters. The molecule has 1 aromatic carbocycles. The maximum Gasteiger partial charge on any atom is 0.416 e. The van der Waals surface area contributed by atoms with Crippen LogP contribution in [-0.2, 0) is 11.0 Å². The van der Waals surface area contributed by atoms with Gasteiger partial charge in [0, 0.05) is 5.54 Å². The summed E-state index contributed by atoms with van der Waals surface area (Å²) in [7, 11) is 0. The van der Waals surface area contributed by atoms with E-state index in [4.69, 9.17) is 0 Å². The summed E-state index contributed by atoms with van der Waals surface area (Å²) in [4.78, 5) is 24.6. The first-order valence-electron chi connectivity index (χ1n) is 5.92. The lowest BCUT2D eigenvalue weighted by molar-refractivity contribution is -0.137. The molecule has 0 aromatic heterocycles. The third kappa shape index (κ3) is 2.76.